The third-order valence-electron chi connectivity index (χ3n) is 3.44. The fourth-order valence-corrected chi connectivity index (χ4v) is 1.12. The first kappa shape index (κ1) is 13.5. The van der Waals surface area contributed by atoms with Gasteiger partial charge in [0.1, 0.15) is 0 Å². The molecule has 0 saturated heterocycles. The van der Waals surface area contributed by atoms with Crippen molar-refractivity contribution in [3.63, 3.8) is 0 Å². The highest BCUT2D eigenvalue weighted by atomic mass is 16.2. The van der Waals surface area contributed by atoms with Gasteiger partial charge < -0.3 is 5.32 Å². The molecule has 0 saturated carbocycles. The van der Waals surface area contributed by atoms with Crippen LogP contribution in [-0.2, 0) is 4.79 Å². The Morgan fingerprint density at radius 2 is 1.43 bits per heavy atom. The quantitative estimate of drug-likeness (QED) is 0.724. The second-order valence-corrected chi connectivity index (χ2v) is 4.96. The topological polar surface area (TPSA) is 29.1 Å². The normalized spacial score (nSPS) is 12.7. The van der Waals surface area contributed by atoms with Gasteiger partial charge in [0.25, 0.3) is 0 Å². The lowest BCUT2D eigenvalue weighted by molar-refractivity contribution is -0.132. The van der Waals surface area contributed by atoms with Gasteiger partial charge >= 0.3 is 0 Å². The summed E-state index contributed by atoms with van der Waals surface area (Å²) in [5, 5.41) is 3.11. The minimum Gasteiger partial charge on any atom is -0.351 e. The number of nitrogens with one attached hydrogen (secondary N) is 1. The van der Waals surface area contributed by atoms with Crippen molar-refractivity contribution < 1.29 is 4.79 Å². The van der Waals surface area contributed by atoms with Crippen LogP contribution in [0.3, 0.4) is 0 Å². The molecule has 14 heavy (non-hydrogen) atoms. The maximum atomic E-state index is 12.0. The molecule has 0 atom stereocenters. The van der Waals surface area contributed by atoms with Gasteiger partial charge in [-0.1, -0.05) is 27.7 Å². The Kier molecular flexibility index (Phi) is 4.63. The van der Waals surface area contributed by atoms with Crippen LogP contribution in [0, 0.1) is 5.41 Å². The van der Waals surface area contributed by atoms with E-state index in [0.29, 0.717) is 0 Å². The Bertz CT molecular complexity index is 192. The molecular weight excluding hydrogens is 174 g/mol. The lowest BCUT2D eigenvalue weighted by Gasteiger charge is -2.32. The molecule has 0 bridgehead atoms. The predicted molar refractivity (Wildman–Crippen MR) is 61.2 cm³/mol. The van der Waals surface area contributed by atoms with Crippen LogP contribution in [0.4, 0.5) is 0 Å². The molecule has 0 aromatic heterocycles. The molecule has 0 fully saturated rings. The molecule has 0 aromatic rings. The van der Waals surface area contributed by atoms with Crippen LogP contribution in [0.15, 0.2) is 0 Å². The van der Waals surface area contributed by atoms with E-state index < -0.39 is 0 Å². The van der Waals surface area contributed by atoms with E-state index >= 15 is 0 Å². The van der Waals surface area contributed by atoms with Crippen molar-refractivity contribution in [3.05, 3.63) is 0 Å². The molecule has 2 nitrogen and oxygen atoms in total. The van der Waals surface area contributed by atoms with Crippen molar-refractivity contribution in [1.29, 1.82) is 0 Å². The van der Waals surface area contributed by atoms with Gasteiger partial charge in [0.05, 0.1) is 0 Å². The van der Waals surface area contributed by atoms with Crippen LogP contribution in [0.1, 0.15) is 60.8 Å². The van der Waals surface area contributed by atoms with E-state index in [-0.39, 0.29) is 16.9 Å². The number of rotatable bonds is 5. The minimum atomic E-state index is -0.202. The third kappa shape index (κ3) is 3.32. The molecule has 0 unspecified atom stereocenters. The Hall–Kier alpha value is -0.530. The van der Waals surface area contributed by atoms with Crippen LogP contribution in [0.2, 0.25) is 0 Å². The van der Waals surface area contributed by atoms with E-state index in [1.807, 2.05) is 6.92 Å². The summed E-state index contributed by atoms with van der Waals surface area (Å²) in [6.07, 6.45) is 2.76. The Morgan fingerprint density at radius 3 is 1.71 bits per heavy atom. The number of hydrogen-bond donors (Lipinski definition) is 1. The van der Waals surface area contributed by atoms with Gasteiger partial charge in [-0.2, -0.15) is 0 Å². The Labute approximate surface area is 88.5 Å². The Balaban J connectivity index is 4.48. The fourth-order valence-electron chi connectivity index (χ4n) is 1.12. The zero-order chi connectivity index (χ0) is 11.4. The molecule has 0 aliphatic carbocycles. The Morgan fingerprint density at radius 1 is 1.00 bits per heavy atom. The minimum absolute atomic E-state index is 0.0807. The summed E-state index contributed by atoms with van der Waals surface area (Å²) in [4.78, 5) is 12.0. The number of hydrogen-bond acceptors (Lipinski definition) is 1. The van der Waals surface area contributed by atoms with E-state index in [2.05, 4.69) is 39.9 Å². The van der Waals surface area contributed by atoms with Gasteiger partial charge in [-0.3, -0.25) is 4.79 Å². The summed E-state index contributed by atoms with van der Waals surface area (Å²) in [5.41, 5.74) is -0.283. The molecule has 0 heterocycles. The molecule has 0 aliphatic heterocycles. The number of carbonyl (C=O) groups is 1. The smallest absolute Gasteiger partial charge is 0.226 e. The highest BCUT2D eigenvalue weighted by Gasteiger charge is 2.32. The average molecular weight is 199 g/mol. The van der Waals surface area contributed by atoms with E-state index in [1.165, 1.54) is 0 Å². The predicted octanol–water partition coefficient (Wildman–Crippen LogP) is 3.12. The molecule has 1 N–H and O–H groups in total. The van der Waals surface area contributed by atoms with Gasteiger partial charge in [0.2, 0.25) is 5.91 Å². The summed E-state index contributed by atoms with van der Waals surface area (Å²) in [5.74, 6) is 0.189. The molecule has 0 aliphatic rings. The average Bonchev–Trinajstić information content (AvgIpc) is 2.16. The lowest BCUT2D eigenvalue weighted by Crippen LogP contribution is -2.49. The van der Waals surface area contributed by atoms with Crippen LogP contribution in [0.5, 0.6) is 0 Å². The van der Waals surface area contributed by atoms with Crippen molar-refractivity contribution in [3.8, 4) is 0 Å². The molecule has 0 rings (SSSR count). The summed E-state index contributed by atoms with van der Waals surface area (Å²) >= 11 is 0. The van der Waals surface area contributed by atoms with Crippen molar-refractivity contribution in [2.45, 2.75) is 66.3 Å². The maximum absolute atomic E-state index is 12.0. The summed E-state index contributed by atoms with van der Waals surface area (Å²) in [6, 6.07) is 0. The molecule has 0 aromatic carbocycles. The maximum Gasteiger partial charge on any atom is 0.226 e. The molecule has 1 amide bonds. The van der Waals surface area contributed by atoms with Gasteiger partial charge in [-0.15, -0.1) is 0 Å². The van der Waals surface area contributed by atoms with Gasteiger partial charge in [0, 0.05) is 11.0 Å². The SMILES string of the molecule is CCC(C)(C)NC(=O)C(C)(CC)CC. The third-order valence-corrected chi connectivity index (χ3v) is 3.44. The first-order valence-corrected chi connectivity index (χ1v) is 5.64. The monoisotopic (exact) mass is 199 g/mol. The zero-order valence-corrected chi connectivity index (χ0v) is 10.5. The lowest BCUT2D eigenvalue weighted by atomic mass is 9.82. The molecule has 84 valence electrons. The highest BCUT2D eigenvalue weighted by molar-refractivity contribution is 5.82. The molecular formula is C12H25NO. The standard InChI is InChI=1S/C12H25NO/c1-7-11(4,5)13-10(14)12(6,8-2)9-3/h7-9H2,1-6H3,(H,13,14). The first-order chi connectivity index (χ1) is 6.31. The van der Waals surface area contributed by atoms with Crippen molar-refractivity contribution in [1.82, 2.24) is 5.32 Å². The van der Waals surface area contributed by atoms with Gasteiger partial charge in [-0.05, 0) is 33.1 Å². The highest BCUT2D eigenvalue weighted by Crippen LogP contribution is 2.26. The van der Waals surface area contributed by atoms with E-state index in [0.717, 1.165) is 19.3 Å². The zero-order valence-electron chi connectivity index (χ0n) is 10.5. The van der Waals surface area contributed by atoms with Crippen molar-refractivity contribution in [2.75, 3.05) is 0 Å². The van der Waals surface area contributed by atoms with E-state index in [9.17, 15) is 4.79 Å². The van der Waals surface area contributed by atoms with Crippen LogP contribution >= 0.6 is 0 Å². The van der Waals surface area contributed by atoms with E-state index in [4.69, 9.17) is 0 Å². The second kappa shape index (κ2) is 4.81. The fraction of sp³-hybridized carbons (Fsp3) is 0.917. The van der Waals surface area contributed by atoms with Gasteiger partial charge in [0.15, 0.2) is 0 Å². The summed E-state index contributed by atoms with van der Waals surface area (Å²) in [7, 11) is 0. The largest absolute Gasteiger partial charge is 0.351 e. The molecule has 0 radical (unpaired) electrons. The summed E-state index contributed by atoms with van der Waals surface area (Å²) < 4.78 is 0. The van der Waals surface area contributed by atoms with Crippen LogP contribution < -0.4 is 5.32 Å². The second-order valence-electron chi connectivity index (χ2n) is 4.96. The van der Waals surface area contributed by atoms with E-state index in [1.54, 1.807) is 0 Å². The van der Waals surface area contributed by atoms with Crippen molar-refractivity contribution >= 4 is 5.91 Å². The first-order valence-electron chi connectivity index (χ1n) is 5.64. The molecule has 2 heteroatoms. The van der Waals surface area contributed by atoms with Crippen LogP contribution in [-0.4, -0.2) is 11.4 Å². The number of amides is 1. The molecule has 0 spiro atoms. The van der Waals surface area contributed by atoms with Crippen LogP contribution in [0.25, 0.3) is 0 Å². The number of carbonyl (C=O) groups excluding carboxylic acids is 1. The van der Waals surface area contributed by atoms with Crippen molar-refractivity contribution in [2.24, 2.45) is 5.41 Å². The van der Waals surface area contributed by atoms with Gasteiger partial charge in [-0.25, -0.2) is 0 Å². The summed E-state index contributed by atoms with van der Waals surface area (Å²) in [6.45, 7) is 12.4.